The Labute approximate surface area is 100 Å². The van der Waals surface area contributed by atoms with E-state index in [0.717, 1.165) is 0 Å². The van der Waals surface area contributed by atoms with Crippen LogP contribution >= 0.6 is 0 Å². The van der Waals surface area contributed by atoms with Crippen LogP contribution in [0, 0.1) is 32.6 Å². The molecule has 2 atom stereocenters. The molecule has 0 fully saturated rings. The van der Waals surface area contributed by atoms with Gasteiger partial charge in [-0.15, -0.1) is 0 Å². The van der Waals surface area contributed by atoms with Crippen molar-refractivity contribution in [2.24, 2.45) is 17.6 Å². The minimum Gasteiger partial charge on any atom is -0.324 e. The molecule has 0 aromatic heterocycles. The molecule has 0 saturated heterocycles. The first-order valence-corrected chi connectivity index (χ1v) is 6.18. The van der Waals surface area contributed by atoms with E-state index in [1.165, 1.54) is 22.3 Å². The molecule has 0 bridgehead atoms. The van der Waals surface area contributed by atoms with Gasteiger partial charge in [-0.3, -0.25) is 0 Å². The van der Waals surface area contributed by atoms with Crippen molar-refractivity contribution in [3.05, 3.63) is 34.4 Å². The molecule has 90 valence electrons. The van der Waals surface area contributed by atoms with E-state index in [9.17, 15) is 0 Å². The van der Waals surface area contributed by atoms with Crippen LogP contribution in [0.15, 0.2) is 12.1 Å². The summed E-state index contributed by atoms with van der Waals surface area (Å²) in [6.45, 7) is 13.2. The van der Waals surface area contributed by atoms with E-state index < -0.39 is 0 Å². The van der Waals surface area contributed by atoms with Gasteiger partial charge in [0.25, 0.3) is 0 Å². The summed E-state index contributed by atoms with van der Waals surface area (Å²) >= 11 is 0. The fourth-order valence-corrected chi connectivity index (χ4v) is 2.04. The molecule has 16 heavy (non-hydrogen) atoms. The molecule has 0 heterocycles. The first kappa shape index (κ1) is 13.2. The lowest BCUT2D eigenvalue weighted by molar-refractivity contribution is 0.351. The average molecular weight is 219 g/mol. The fraction of sp³-hybridized carbons (Fsp3) is 0.600. The topological polar surface area (TPSA) is 26.0 Å². The van der Waals surface area contributed by atoms with Crippen LogP contribution in [0.5, 0.6) is 0 Å². The van der Waals surface area contributed by atoms with E-state index in [1.807, 2.05) is 0 Å². The third-order valence-electron chi connectivity index (χ3n) is 3.86. The first-order chi connectivity index (χ1) is 7.34. The second-order valence-corrected chi connectivity index (χ2v) is 5.42. The molecule has 1 aromatic rings. The van der Waals surface area contributed by atoms with E-state index in [0.29, 0.717) is 11.8 Å². The van der Waals surface area contributed by atoms with Crippen LogP contribution in [-0.2, 0) is 0 Å². The summed E-state index contributed by atoms with van der Waals surface area (Å²) in [5.41, 5.74) is 11.7. The molecule has 0 aliphatic rings. The Hall–Kier alpha value is -0.820. The molecule has 2 unspecified atom stereocenters. The Morgan fingerprint density at radius 1 is 0.875 bits per heavy atom. The van der Waals surface area contributed by atoms with Gasteiger partial charge in [-0.25, -0.2) is 0 Å². The van der Waals surface area contributed by atoms with Crippen molar-refractivity contribution in [1.82, 2.24) is 0 Å². The standard InChI is InChI=1S/C15H25N/c1-9(2)13(6)15(16)14-8-11(4)10(3)7-12(14)5/h7-9,13,15H,16H2,1-6H3. The van der Waals surface area contributed by atoms with Crippen LogP contribution in [0.4, 0.5) is 0 Å². The van der Waals surface area contributed by atoms with Crippen molar-refractivity contribution in [2.45, 2.75) is 47.6 Å². The zero-order chi connectivity index (χ0) is 12.5. The summed E-state index contributed by atoms with van der Waals surface area (Å²) in [5.74, 6) is 1.14. The number of nitrogens with two attached hydrogens (primary N) is 1. The minimum atomic E-state index is 0.152. The zero-order valence-electron chi connectivity index (χ0n) is 11.5. The van der Waals surface area contributed by atoms with Gasteiger partial charge in [0.2, 0.25) is 0 Å². The van der Waals surface area contributed by atoms with Gasteiger partial charge in [0.1, 0.15) is 0 Å². The molecule has 0 aliphatic heterocycles. The Morgan fingerprint density at radius 2 is 1.38 bits per heavy atom. The highest BCUT2D eigenvalue weighted by molar-refractivity contribution is 5.38. The number of aryl methyl sites for hydroxylation is 3. The number of rotatable bonds is 3. The molecule has 1 rings (SSSR count). The highest BCUT2D eigenvalue weighted by atomic mass is 14.7. The van der Waals surface area contributed by atoms with Crippen molar-refractivity contribution in [2.75, 3.05) is 0 Å². The quantitative estimate of drug-likeness (QED) is 0.819. The molecule has 0 spiro atoms. The lowest BCUT2D eigenvalue weighted by atomic mass is 9.84. The summed E-state index contributed by atoms with van der Waals surface area (Å²) in [6.07, 6.45) is 0. The Morgan fingerprint density at radius 3 is 1.88 bits per heavy atom. The van der Waals surface area contributed by atoms with Gasteiger partial charge in [0, 0.05) is 6.04 Å². The Kier molecular flexibility index (Phi) is 4.15. The van der Waals surface area contributed by atoms with Crippen LogP contribution in [0.25, 0.3) is 0 Å². The Bertz CT molecular complexity index is 366. The average Bonchev–Trinajstić information content (AvgIpc) is 2.21. The van der Waals surface area contributed by atoms with Crippen LogP contribution in [0.1, 0.15) is 49.1 Å². The van der Waals surface area contributed by atoms with E-state index >= 15 is 0 Å². The predicted octanol–water partition coefficient (Wildman–Crippen LogP) is 3.90. The summed E-state index contributed by atoms with van der Waals surface area (Å²) < 4.78 is 0. The van der Waals surface area contributed by atoms with Crippen LogP contribution < -0.4 is 5.73 Å². The number of hydrogen-bond donors (Lipinski definition) is 1. The lowest BCUT2D eigenvalue weighted by Crippen LogP contribution is -2.24. The van der Waals surface area contributed by atoms with Crippen molar-refractivity contribution in [3.63, 3.8) is 0 Å². The first-order valence-electron chi connectivity index (χ1n) is 6.18. The van der Waals surface area contributed by atoms with Crippen LogP contribution in [0.2, 0.25) is 0 Å². The largest absolute Gasteiger partial charge is 0.324 e. The molecule has 1 aromatic carbocycles. The van der Waals surface area contributed by atoms with E-state index in [1.54, 1.807) is 0 Å². The molecule has 1 nitrogen and oxygen atoms in total. The zero-order valence-corrected chi connectivity index (χ0v) is 11.5. The van der Waals surface area contributed by atoms with Crippen molar-refractivity contribution in [3.8, 4) is 0 Å². The van der Waals surface area contributed by atoms with Gasteiger partial charge < -0.3 is 5.73 Å². The summed E-state index contributed by atoms with van der Waals surface area (Å²) in [5, 5.41) is 0. The molecule has 0 amide bonds. The SMILES string of the molecule is Cc1cc(C)c(C(N)C(C)C(C)C)cc1C. The van der Waals surface area contributed by atoms with Crippen LogP contribution in [0.3, 0.4) is 0 Å². The van der Waals surface area contributed by atoms with Gasteiger partial charge in [-0.1, -0.05) is 32.9 Å². The van der Waals surface area contributed by atoms with E-state index in [-0.39, 0.29) is 6.04 Å². The van der Waals surface area contributed by atoms with E-state index in [4.69, 9.17) is 5.73 Å². The van der Waals surface area contributed by atoms with Gasteiger partial charge in [0.15, 0.2) is 0 Å². The maximum Gasteiger partial charge on any atom is 0.0326 e. The van der Waals surface area contributed by atoms with Gasteiger partial charge in [-0.05, 0) is 54.9 Å². The smallest absolute Gasteiger partial charge is 0.0326 e. The summed E-state index contributed by atoms with van der Waals surface area (Å²) in [6, 6.07) is 4.66. The van der Waals surface area contributed by atoms with Crippen molar-refractivity contribution < 1.29 is 0 Å². The molecule has 0 aliphatic carbocycles. The number of benzene rings is 1. The fourth-order valence-electron chi connectivity index (χ4n) is 2.04. The third kappa shape index (κ3) is 2.65. The second kappa shape index (κ2) is 5.01. The molecule has 2 N–H and O–H groups in total. The number of hydrogen-bond acceptors (Lipinski definition) is 1. The highest BCUT2D eigenvalue weighted by Crippen LogP contribution is 2.29. The van der Waals surface area contributed by atoms with Gasteiger partial charge >= 0.3 is 0 Å². The maximum atomic E-state index is 6.36. The molecular formula is C15H25N. The third-order valence-corrected chi connectivity index (χ3v) is 3.86. The normalized spacial score (nSPS) is 15.2. The molecular weight excluding hydrogens is 194 g/mol. The minimum absolute atomic E-state index is 0.152. The predicted molar refractivity (Wildman–Crippen MR) is 71.6 cm³/mol. The highest BCUT2D eigenvalue weighted by Gasteiger charge is 2.19. The molecule has 0 radical (unpaired) electrons. The Balaban J connectivity index is 3.08. The van der Waals surface area contributed by atoms with Crippen molar-refractivity contribution >= 4 is 0 Å². The van der Waals surface area contributed by atoms with Gasteiger partial charge in [-0.2, -0.15) is 0 Å². The van der Waals surface area contributed by atoms with Crippen molar-refractivity contribution in [1.29, 1.82) is 0 Å². The summed E-state index contributed by atoms with van der Waals surface area (Å²) in [4.78, 5) is 0. The molecule has 1 heteroatoms. The lowest BCUT2D eigenvalue weighted by Gasteiger charge is -2.25. The van der Waals surface area contributed by atoms with Crippen LogP contribution in [-0.4, -0.2) is 0 Å². The maximum absolute atomic E-state index is 6.36. The van der Waals surface area contributed by atoms with Gasteiger partial charge in [0.05, 0.1) is 0 Å². The second-order valence-electron chi connectivity index (χ2n) is 5.42. The molecule has 0 saturated carbocycles. The summed E-state index contributed by atoms with van der Waals surface area (Å²) in [7, 11) is 0. The van der Waals surface area contributed by atoms with E-state index in [2.05, 4.69) is 53.7 Å². The monoisotopic (exact) mass is 219 g/mol.